The molecule has 25 heavy (non-hydrogen) atoms. The number of hydrogen-bond acceptors (Lipinski definition) is 4. The molecule has 0 spiro atoms. The lowest BCUT2D eigenvalue weighted by molar-refractivity contribution is 0.0950. The molecule has 1 amide bonds. The van der Waals surface area contributed by atoms with E-state index in [4.69, 9.17) is 4.74 Å². The summed E-state index contributed by atoms with van der Waals surface area (Å²) in [5, 5.41) is 2.82. The quantitative estimate of drug-likeness (QED) is 0.906. The van der Waals surface area contributed by atoms with E-state index in [9.17, 15) is 9.18 Å². The number of amides is 1. The van der Waals surface area contributed by atoms with Crippen molar-refractivity contribution in [2.75, 3.05) is 25.1 Å². The molecule has 5 nitrogen and oxygen atoms in total. The molecule has 1 saturated heterocycles. The van der Waals surface area contributed by atoms with Crippen molar-refractivity contribution >= 4 is 11.7 Å². The Labute approximate surface area is 146 Å². The minimum atomic E-state index is -0.550. The number of hydrogen-bond donors (Lipinski definition) is 1. The molecule has 1 N–H and O–H groups in total. The Kier molecular flexibility index (Phi) is 5.48. The highest BCUT2D eigenvalue weighted by molar-refractivity contribution is 5.94. The summed E-state index contributed by atoms with van der Waals surface area (Å²) in [4.78, 5) is 18.9. The molecule has 0 saturated carbocycles. The highest BCUT2D eigenvalue weighted by Gasteiger charge is 2.13. The number of aromatic nitrogens is 1. The molecule has 0 unspecified atom stereocenters. The summed E-state index contributed by atoms with van der Waals surface area (Å²) in [6, 6.07) is 8.05. The number of nitrogens with zero attached hydrogens (tertiary/aromatic N) is 2. The molecule has 0 radical (unpaired) electrons. The first-order chi connectivity index (χ1) is 12.2. The molecule has 1 aromatic carbocycles. The molecule has 0 aliphatic carbocycles. The first-order valence-electron chi connectivity index (χ1n) is 8.49. The van der Waals surface area contributed by atoms with Crippen LogP contribution in [0.1, 0.15) is 35.2 Å². The molecule has 1 aliphatic rings. The molecule has 132 valence electrons. The standard InChI is InChI=1S/C19H22FN3O2/c1-25-17-6-5-15(12-16(17)20)19(24)22-13-14-7-8-21-18(11-14)23-9-3-2-4-10-23/h5-8,11-12H,2-4,9-10,13H2,1H3,(H,22,24). The zero-order valence-electron chi connectivity index (χ0n) is 14.3. The van der Waals surface area contributed by atoms with Crippen LogP contribution >= 0.6 is 0 Å². The Morgan fingerprint density at radius 2 is 2.04 bits per heavy atom. The van der Waals surface area contributed by atoms with Gasteiger partial charge in [-0.3, -0.25) is 4.79 Å². The third-order valence-corrected chi connectivity index (χ3v) is 4.36. The summed E-state index contributed by atoms with van der Waals surface area (Å²) >= 11 is 0. The highest BCUT2D eigenvalue weighted by atomic mass is 19.1. The maximum Gasteiger partial charge on any atom is 0.251 e. The molecule has 1 fully saturated rings. The van der Waals surface area contributed by atoms with Crippen LogP contribution in [0.4, 0.5) is 10.2 Å². The topological polar surface area (TPSA) is 54.5 Å². The predicted molar refractivity (Wildman–Crippen MR) is 94.4 cm³/mol. The summed E-state index contributed by atoms with van der Waals surface area (Å²) in [5.41, 5.74) is 1.24. The maximum absolute atomic E-state index is 13.7. The Balaban J connectivity index is 1.63. The Morgan fingerprint density at radius 1 is 1.24 bits per heavy atom. The van der Waals surface area contributed by atoms with Crippen LogP contribution in [-0.4, -0.2) is 31.1 Å². The largest absolute Gasteiger partial charge is 0.494 e. The van der Waals surface area contributed by atoms with Gasteiger partial charge in [-0.2, -0.15) is 0 Å². The highest BCUT2D eigenvalue weighted by Crippen LogP contribution is 2.19. The monoisotopic (exact) mass is 343 g/mol. The molecule has 1 aromatic heterocycles. The van der Waals surface area contributed by atoms with Crippen molar-refractivity contribution in [1.29, 1.82) is 0 Å². The lowest BCUT2D eigenvalue weighted by Crippen LogP contribution is -2.30. The molecule has 1 aliphatic heterocycles. The smallest absolute Gasteiger partial charge is 0.251 e. The van der Waals surface area contributed by atoms with Crippen molar-refractivity contribution in [2.24, 2.45) is 0 Å². The van der Waals surface area contributed by atoms with E-state index in [1.807, 2.05) is 12.1 Å². The van der Waals surface area contributed by atoms with Gasteiger partial charge in [0.2, 0.25) is 0 Å². The average Bonchev–Trinajstić information content (AvgIpc) is 2.67. The van der Waals surface area contributed by atoms with Crippen LogP contribution < -0.4 is 15.0 Å². The number of nitrogens with one attached hydrogen (secondary N) is 1. The van der Waals surface area contributed by atoms with Crippen molar-refractivity contribution in [3.8, 4) is 5.75 Å². The molecule has 2 heterocycles. The molecule has 2 aromatic rings. The van der Waals surface area contributed by atoms with Crippen LogP contribution in [-0.2, 0) is 6.54 Å². The van der Waals surface area contributed by atoms with Gasteiger partial charge < -0.3 is 15.0 Å². The first kappa shape index (κ1) is 17.2. The third kappa shape index (κ3) is 4.26. The molecular weight excluding hydrogens is 321 g/mol. The van der Waals surface area contributed by atoms with E-state index in [1.54, 1.807) is 12.3 Å². The summed E-state index contributed by atoms with van der Waals surface area (Å²) < 4.78 is 18.6. The molecule has 0 atom stereocenters. The zero-order valence-corrected chi connectivity index (χ0v) is 14.3. The molecule has 3 rings (SSSR count). The van der Waals surface area contributed by atoms with Gasteiger partial charge in [-0.05, 0) is 55.2 Å². The van der Waals surface area contributed by atoms with Gasteiger partial charge in [0.25, 0.3) is 5.91 Å². The number of ether oxygens (including phenoxy) is 1. The minimum Gasteiger partial charge on any atom is -0.494 e. The predicted octanol–water partition coefficient (Wildman–Crippen LogP) is 3.15. The van der Waals surface area contributed by atoms with E-state index >= 15 is 0 Å². The first-order valence-corrected chi connectivity index (χ1v) is 8.49. The van der Waals surface area contributed by atoms with Crippen LogP contribution in [0.5, 0.6) is 5.75 Å². The third-order valence-electron chi connectivity index (χ3n) is 4.36. The number of rotatable bonds is 5. The summed E-state index contributed by atoms with van der Waals surface area (Å²) in [7, 11) is 1.39. The zero-order chi connectivity index (χ0) is 17.6. The van der Waals surface area contributed by atoms with Gasteiger partial charge in [-0.1, -0.05) is 0 Å². The van der Waals surface area contributed by atoms with Crippen molar-refractivity contribution in [1.82, 2.24) is 10.3 Å². The van der Waals surface area contributed by atoms with E-state index in [0.29, 0.717) is 6.54 Å². The van der Waals surface area contributed by atoms with E-state index in [-0.39, 0.29) is 17.2 Å². The lowest BCUT2D eigenvalue weighted by atomic mass is 10.1. The van der Waals surface area contributed by atoms with E-state index in [1.165, 1.54) is 38.5 Å². The second-order valence-corrected chi connectivity index (χ2v) is 6.10. The number of carbonyl (C=O) groups is 1. The Morgan fingerprint density at radius 3 is 2.76 bits per heavy atom. The van der Waals surface area contributed by atoms with Gasteiger partial charge in [-0.15, -0.1) is 0 Å². The second kappa shape index (κ2) is 7.96. The number of pyridine rings is 1. The Hall–Kier alpha value is -2.63. The number of benzene rings is 1. The van der Waals surface area contributed by atoms with Gasteiger partial charge in [0, 0.05) is 31.4 Å². The fraction of sp³-hybridized carbons (Fsp3) is 0.368. The molecular formula is C19H22FN3O2. The summed E-state index contributed by atoms with van der Waals surface area (Å²) in [6.07, 6.45) is 5.40. The second-order valence-electron chi connectivity index (χ2n) is 6.10. The van der Waals surface area contributed by atoms with Crippen LogP contribution in [0.25, 0.3) is 0 Å². The number of piperidine rings is 1. The number of methoxy groups -OCH3 is 1. The minimum absolute atomic E-state index is 0.122. The van der Waals surface area contributed by atoms with Gasteiger partial charge in [0.1, 0.15) is 5.82 Å². The van der Waals surface area contributed by atoms with Crippen LogP contribution in [0.2, 0.25) is 0 Å². The number of halogens is 1. The normalized spacial score (nSPS) is 14.2. The number of carbonyl (C=O) groups excluding carboxylic acids is 1. The van der Waals surface area contributed by atoms with Gasteiger partial charge in [-0.25, -0.2) is 9.37 Å². The van der Waals surface area contributed by atoms with Crippen LogP contribution in [0, 0.1) is 5.82 Å². The fourth-order valence-electron chi connectivity index (χ4n) is 2.96. The van der Waals surface area contributed by atoms with E-state index in [2.05, 4.69) is 15.2 Å². The maximum atomic E-state index is 13.7. The van der Waals surface area contributed by atoms with Crippen LogP contribution in [0.3, 0.4) is 0 Å². The van der Waals surface area contributed by atoms with Crippen molar-refractivity contribution < 1.29 is 13.9 Å². The number of anilines is 1. The van der Waals surface area contributed by atoms with Gasteiger partial charge in [0.15, 0.2) is 11.6 Å². The molecule has 0 bridgehead atoms. The lowest BCUT2D eigenvalue weighted by Gasteiger charge is -2.27. The van der Waals surface area contributed by atoms with Crippen molar-refractivity contribution in [2.45, 2.75) is 25.8 Å². The SMILES string of the molecule is COc1ccc(C(=O)NCc2ccnc(N3CCCCC3)c2)cc1F. The Bertz CT molecular complexity index is 745. The fourth-order valence-corrected chi connectivity index (χ4v) is 2.96. The van der Waals surface area contributed by atoms with Gasteiger partial charge in [0.05, 0.1) is 7.11 Å². The molecule has 6 heteroatoms. The van der Waals surface area contributed by atoms with Crippen molar-refractivity contribution in [3.63, 3.8) is 0 Å². The van der Waals surface area contributed by atoms with E-state index in [0.717, 1.165) is 24.5 Å². The van der Waals surface area contributed by atoms with E-state index < -0.39 is 5.82 Å². The summed E-state index contributed by atoms with van der Waals surface area (Å²) in [6.45, 7) is 2.41. The average molecular weight is 343 g/mol. The summed E-state index contributed by atoms with van der Waals surface area (Å²) in [5.74, 6) is 0.197. The van der Waals surface area contributed by atoms with Gasteiger partial charge >= 0.3 is 0 Å². The van der Waals surface area contributed by atoms with Crippen LogP contribution in [0.15, 0.2) is 36.5 Å². The van der Waals surface area contributed by atoms with Crippen molar-refractivity contribution in [3.05, 3.63) is 53.5 Å².